The number of fused-ring (bicyclic) bond motifs is 1. The van der Waals surface area contributed by atoms with Crippen LogP contribution in [0.4, 0.5) is 35.1 Å². The molecule has 1 aromatic heterocycles. The van der Waals surface area contributed by atoms with Crippen LogP contribution in [0.5, 0.6) is 0 Å². The molecule has 0 saturated heterocycles. The van der Waals surface area contributed by atoms with Gasteiger partial charge in [0, 0.05) is 28.6 Å². The largest absolute Gasteiger partial charge is 0.418 e. The van der Waals surface area contributed by atoms with Gasteiger partial charge in [0.2, 0.25) is 0 Å². The first-order valence-corrected chi connectivity index (χ1v) is 8.72. The quantitative estimate of drug-likeness (QED) is 0.333. The number of rotatable bonds is 3. The summed E-state index contributed by atoms with van der Waals surface area (Å²) < 4.78 is 110. The predicted octanol–water partition coefficient (Wildman–Crippen LogP) is 6.47. The van der Waals surface area contributed by atoms with Crippen LogP contribution in [0.1, 0.15) is 11.1 Å². The molecule has 0 unspecified atom stereocenters. The van der Waals surface area contributed by atoms with Crippen LogP contribution in [0.25, 0.3) is 22.2 Å². The van der Waals surface area contributed by atoms with Crippen molar-refractivity contribution < 1.29 is 35.1 Å². The molecule has 160 valence electrons. The van der Waals surface area contributed by atoms with E-state index in [0.717, 1.165) is 35.0 Å². The molecule has 4 aromatic rings. The highest BCUT2D eigenvalue weighted by molar-refractivity contribution is 5.95. The summed E-state index contributed by atoms with van der Waals surface area (Å²) in [6.07, 6.45) is -4.80. The minimum absolute atomic E-state index is 0.0661. The molecule has 0 amide bonds. The van der Waals surface area contributed by atoms with E-state index in [2.05, 4.69) is 5.10 Å². The van der Waals surface area contributed by atoms with E-state index in [1.807, 2.05) is 0 Å². The van der Waals surface area contributed by atoms with E-state index in [0.29, 0.717) is 12.1 Å². The van der Waals surface area contributed by atoms with Crippen molar-refractivity contribution in [1.82, 2.24) is 9.78 Å². The van der Waals surface area contributed by atoms with Gasteiger partial charge < -0.3 is 0 Å². The van der Waals surface area contributed by atoms with Crippen molar-refractivity contribution in [1.29, 1.82) is 0 Å². The van der Waals surface area contributed by atoms with Crippen molar-refractivity contribution in [2.24, 2.45) is 0 Å². The van der Waals surface area contributed by atoms with Crippen molar-refractivity contribution in [3.63, 3.8) is 0 Å². The maximum atomic E-state index is 14.2. The lowest BCUT2D eigenvalue weighted by Gasteiger charge is -2.10. The first kappa shape index (κ1) is 20.8. The van der Waals surface area contributed by atoms with E-state index >= 15 is 0 Å². The molecule has 0 radical (unpaired) electrons. The lowest BCUT2D eigenvalue weighted by Crippen LogP contribution is -2.09. The number of aromatic nitrogens is 2. The van der Waals surface area contributed by atoms with Crippen molar-refractivity contribution >= 4 is 10.9 Å². The monoisotopic (exact) mass is 442 g/mol. The van der Waals surface area contributed by atoms with Crippen molar-refractivity contribution in [3.05, 3.63) is 88.7 Å². The third-order valence-corrected chi connectivity index (χ3v) is 4.68. The van der Waals surface area contributed by atoms with Gasteiger partial charge in [-0.15, -0.1) is 0 Å². The van der Waals surface area contributed by atoms with E-state index in [9.17, 15) is 35.1 Å². The molecule has 1 heterocycles. The van der Waals surface area contributed by atoms with E-state index < -0.39 is 58.5 Å². The molecule has 10 heteroatoms. The second-order valence-electron chi connectivity index (χ2n) is 6.68. The highest BCUT2D eigenvalue weighted by Crippen LogP contribution is 2.38. The Labute approximate surface area is 169 Å². The highest BCUT2D eigenvalue weighted by Gasteiger charge is 2.34. The Morgan fingerprint density at radius 3 is 2.06 bits per heavy atom. The molecule has 0 N–H and O–H groups in total. The van der Waals surface area contributed by atoms with Gasteiger partial charge >= 0.3 is 6.18 Å². The summed E-state index contributed by atoms with van der Waals surface area (Å²) in [5.41, 5.74) is -2.51. The van der Waals surface area contributed by atoms with Gasteiger partial charge in [0.1, 0.15) is 23.0 Å². The second kappa shape index (κ2) is 7.36. The van der Waals surface area contributed by atoms with E-state index in [4.69, 9.17) is 0 Å². The summed E-state index contributed by atoms with van der Waals surface area (Å²) in [5.74, 6) is -6.19. The van der Waals surface area contributed by atoms with Crippen LogP contribution in [0, 0.1) is 29.1 Å². The minimum Gasteiger partial charge on any atom is -0.259 e. The summed E-state index contributed by atoms with van der Waals surface area (Å²) in [6, 6.07) is 6.57. The Bertz CT molecular complexity index is 1280. The highest BCUT2D eigenvalue weighted by atomic mass is 19.4. The number of hydrogen-bond acceptors (Lipinski definition) is 1. The lowest BCUT2D eigenvalue weighted by molar-refractivity contribution is -0.136. The summed E-state index contributed by atoms with van der Waals surface area (Å²) in [7, 11) is 0. The molecular weight excluding hydrogens is 432 g/mol. The van der Waals surface area contributed by atoms with Crippen LogP contribution >= 0.6 is 0 Å². The second-order valence-corrected chi connectivity index (χ2v) is 6.68. The summed E-state index contributed by atoms with van der Waals surface area (Å²) in [4.78, 5) is 0. The zero-order valence-corrected chi connectivity index (χ0v) is 15.2. The van der Waals surface area contributed by atoms with E-state index in [-0.39, 0.29) is 16.6 Å². The first-order chi connectivity index (χ1) is 14.6. The summed E-state index contributed by atoms with van der Waals surface area (Å²) in [6.45, 7) is -0.724. The van der Waals surface area contributed by atoms with Gasteiger partial charge in [-0.1, -0.05) is 12.1 Å². The van der Waals surface area contributed by atoms with Crippen LogP contribution < -0.4 is 0 Å². The van der Waals surface area contributed by atoms with Crippen LogP contribution in [0.15, 0.2) is 48.5 Å². The Hall–Kier alpha value is -3.43. The molecule has 2 nitrogen and oxygen atoms in total. The van der Waals surface area contributed by atoms with Crippen molar-refractivity contribution in [2.75, 3.05) is 0 Å². The Kier molecular flexibility index (Phi) is 4.95. The molecule has 0 aliphatic rings. The standard InChI is InChI=1S/C21H10F8N2/c22-11-7-16(24)13(17(25)8-11)9-31-20(10-4-5-15(23)18(26)6-10)12-2-1-3-14(19(12)30-31)21(27,28)29/h1-8H,9H2. The number of alkyl halides is 3. The molecule has 31 heavy (non-hydrogen) atoms. The molecular formula is C21H10F8N2. The Morgan fingerprint density at radius 1 is 0.774 bits per heavy atom. The van der Waals surface area contributed by atoms with E-state index in [1.54, 1.807) is 0 Å². The summed E-state index contributed by atoms with van der Waals surface area (Å²) >= 11 is 0. The van der Waals surface area contributed by atoms with Crippen LogP contribution in [0.3, 0.4) is 0 Å². The SMILES string of the molecule is Fc1cc(F)c(Cn2nc3c(C(F)(F)F)cccc3c2-c2ccc(F)c(F)c2)c(F)c1. The first-order valence-electron chi connectivity index (χ1n) is 8.72. The van der Waals surface area contributed by atoms with Gasteiger partial charge in [-0.25, -0.2) is 22.0 Å². The molecule has 3 aromatic carbocycles. The maximum Gasteiger partial charge on any atom is 0.418 e. The number of nitrogens with zero attached hydrogens (tertiary/aromatic N) is 2. The fraction of sp³-hybridized carbons (Fsp3) is 0.0952. The van der Waals surface area contributed by atoms with Crippen molar-refractivity contribution in [3.8, 4) is 11.3 Å². The van der Waals surface area contributed by atoms with Gasteiger partial charge in [0.15, 0.2) is 11.6 Å². The maximum absolute atomic E-state index is 14.2. The topological polar surface area (TPSA) is 17.8 Å². The third-order valence-electron chi connectivity index (χ3n) is 4.68. The zero-order valence-electron chi connectivity index (χ0n) is 15.2. The van der Waals surface area contributed by atoms with Gasteiger partial charge in [-0.05, 0) is 24.3 Å². The average Bonchev–Trinajstić information content (AvgIpc) is 3.04. The molecule has 0 spiro atoms. The van der Waals surface area contributed by atoms with Gasteiger partial charge in [-0.2, -0.15) is 18.3 Å². The molecule has 0 atom stereocenters. The number of halogens is 8. The predicted molar refractivity (Wildman–Crippen MR) is 95.5 cm³/mol. The molecule has 0 bridgehead atoms. The average molecular weight is 442 g/mol. The Morgan fingerprint density at radius 2 is 1.45 bits per heavy atom. The van der Waals surface area contributed by atoms with Crippen LogP contribution in [0.2, 0.25) is 0 Å². The van der Waals surface area contributed by atoms with Crippen LogP contribution in [-0.2, 0) is 12.7 Å². The third kappa shape index (κ3) is 3.73. The number of hydrogen-bond donors (Lipinski definition) is 0. The lowest BCUT2D eigenvalue weighted by atomic mass is 10.0. The van der Waals surface area contributed by atoms with Gasteiger partial charge in [-0.3, -0.25) is 4.68 Å². The molecule has 4 rings (SSSR count). The molecule has 0 aliphatic carbocycles. The van der Waals surface area contributed by atoms with Crippen LogP contribution in [-0.4, -0.2) is 9.78 Å². The van der Waals surface area contributed by atoms with Gasteiger partial charge in [0.25, 0.3) is 0 Å². The molecule has 0 aliphatic heterocycles. The van der Waals surface area contributed by atoms with Gasteiger partial charge in [0.05, 0.1) is 17.8 Å². The van der Waals surface area contributed by atoms with Crippen molar-refractivity contribution in [2.45, 2.75) is 12.7 Å². The molecule has 0 saturated carbocycles. The van der Waals surface area contributed by atoms with E-state index in [1.165, 1.54) is 6.07 Å². The summed E-state index contributed by atoms with van der Waals surface area (Å²) in [5, 5.41) is 3.77. The number of benzene rings is 3. The molecule has 0 fully saturated rings. The zero-order chi connectivity index (χ0) is 22.5. The smallest absolute Gasteiger partial charge is 0.259 e. The fourth-order valence-corrected chi connectivity index (χ4v) is 3.32. The fourth-order valence-electron chi connectivity index (χ4n) is 3.32. The normalized spacial score (nSPS) is 12.0. The Balaban J connectivity index is 2.01. The minimum atomic E-state index is -4.80.